The maximum Gasteiger partial charge on any atom is 0.0836 e. The quantitative estimate of drug-likeness (QED) is 0.764. The molecule has 0 fully saturated rings. The first kappa shape index (κ1) is 10.9. The van der Waals surface area contributed by atoms with Gasteiger partial charge in [0, 0.05) is 17.3 Å². The Kier molecular flexibility index (Phi) is 3.26. The smallest absolute Gasteiger partial charge is 0.0836 e. The summed E-state index contributed by atoms with van der Waals surface area (Å²) in [5, 5.41) is 1.35. The molecule has 0 amide bonds. The van der Waals surface area contributed by atoms with Crippen molar-refractivity contribution in [3.63, 3.8) is 0 Å². The lowest BCUT2D eigenvalue weighted by molar-refractivity contribution is 0.966. The van der Waals surface area contributed by atoms with Crippen molar-refractivity contribution < 1.29 is 0 Å². The molecular weight excluding hydrogens is 224 g/mol. The lowest BCUT2D eigenvalue weighted by Gasteiger charge is -2.00. The molecule has 0 spiro atoms. The van der Waals surface area contributed by atoms with Gasteiger partial charge in [-0.25, -0.2) is 0 Å². The number of hydrogen-bond acceptors (Lipinski definition) is 3. The summed E-state index contributed by atoms with van der Waals surface area (Å²) < 4.78 is 2.24. The number of thioether (sulfide) groups is 2. The van der Waals surface area contributed by atoms with Crippen LogP contribution in [0.15, 0.2) is 28.5 Å². The van der Waals surface area contributed by atoms with Crippen LogP contribution < -0.4 is 0 Å². The van der Waals surface area contributed by atoms with Crippen LogP contribution in [0.1, 0.15) is 12.5 Å². The van der Waals surface area contributed by atoms with Crippen molar-refractivity contribution in [1.82, 2.24) is 9.38 Å². The van der Waals surface area contributed by atoms with Gasteiger partial charge in [0.1, 0.15) is 0 Å². The fourth-order valence-electron chi connectivity index (χ4n) is 1.86. The standard InChI is InChI=1S/C11H14N2S2/c1-4-8-10(14-2)9-7-12-5-6-13(9)11(8)15-3/h5-7H,4H2,1-3H3. The SMILES string of the molecule is CCc1c(SC)c2cnccn2c1SC. The Morgan fingerprint density at radius 2 is 2.13 bits per heavy atom. The van der Waals surface area contributed by atoms with Crippen LogP contribution in [0.4, 0.5) is 0 Å². The van der Waals surface area contributed by atoms with Gasteiger partial charge in [-0.1, -0.05) is 6.92 Å². The topological polar surface area (TPSA) is 17.3 Å². The van der Waals surface area contributed by atoms with Gasteiger partial charge in [0.05, 0.1) is 16.7 Å². The zero-order valence-corrected chi connectivity index (χ0v) is 10.8. The zero-order chi connectivity index (χ0) is 10.8. The largest absolute Gasteiger partial charge is 0.307 e. The van der Waals surface area contributed by atoms with E-state index in [-0.39, 0.29) is 0 Å². The van der Waals surface area contributed by atoms with Gasteiger partial charge >= 0.3 is 0 Å². The Morgan fingerprint density at radius 1 is 1.33 bits per heavy atom. The molecule has 0 aliphatic heterocycles. The number of rotatable bonds is 3. The van der Waals surface area contributed by atoms with E-state index >= 15 is 0 Å². The van der Waals surface area contributed by atoms with Gasteiger partial charge in [0.2, 0.25) is 0 Å². The summed E-state index contributed by atoms with van der Waals surface area (Å²) in [7, 11) is 0. The van der Waals surface area contributed by atoms with Gasteiger partial charge in [-0.15, -0.1) is 23.5 Å². The van der Waals surface area contributed by atoms with Crippen molar-refractivity contribution in [2.45, 2.75) is 23.3 Å². The molecule has 0 atom stereocenters. The Morgan fingerprint density at radius 3 is 2.73 bits per heavy atom. The van der Waals surface area contributed by atoms with E-state index in [1.165, 1.54) is 21.0 Å². The molecule has 0 saturated heterocycles. The Labute approximate surface area is 98.5 Å². The minimum atomic E-state index is 1.08. The summed E-state index contributed by atoms with van der Waals surface area (Å²) in [6, 6.07) is 0. The van der Waals surface area contributed by atoms with Crippen molar-refractivity contribution >= 4 is 29.0 Å². The van der Waals surface area contributed by atoms with E-state index in [1.807, 2.05) is 42.1 Å². The second kappa shape index (κ2) is 4.49. The van der Waals surface area contributed by atoms with E-state index in [9.17, 15) is 0 Å². The van der Waals surface area contributed by atoms with Gasteiger partial charge < -0.3 is 4.40 Å². The van der Waals surface area contributed by atoms with Crippen LogP contribution in [0.5, 0.6) is 0 Å². The number of hydrogen-bond donors (Lipinski definition) is 0. The fourth-order valence-corrected chi connectivity index (χ4v) is 3.63. The van der Waals surface area contributed by atoms with E-state index in [0.717, 1.165) is 6.42 Å². The van der Waals surface area contributed by atoms with Gasteiger partial charge in [-0.3, -0.25) is 4.98 Å². The highest BCUT2D eigenvalue weighted by Gasteiger charge is 2.15. The molecule has 2 nitrogen and oxygen atoms in total. The highest BCUT2D eigenvalue weighted by atomic mass is 32.2. The van der Waals surface area contributed by atoms with Gasteiger partial charge in [0.15, 0.2) is 0 Å². The van der Waals surface area contributed by atoms with E-state index in [4.69, 9.17) is 0 Å². The van der Waals surface area contributed by atoms with E-state index in [1.54, 1.807) is 0 Å². The van der Waals surface area contributed by atoms with E-state index in [2.05, 4.69) is 28.8 Å². The summed E-state index contributed by atoms with van der Waals surface area (Å²) in [4.78, 5) is 5.57. The molecule has 0 unspecified atom stereocenters. The Hall–Kier alpha value is -0.610. The third-order valence-corrected chi connectivity index (χ3v) is 4.19. The highest BCUT2D eigenvalue weighted by Crippen LogP contribution is 2.35. The molecule has 0 saturated carbocycles. The molecule has 4 heteroatoms. The third kappa shape index (κ3) is 1.66. The Bertz CT molecular complexity index is 436. The van der Waals surface area contributed by atoms with Gasteiger partial charge in [-0.05, 0) is 24.5 Å². The van der Waals surface area contributed by atoms with Gasteiger partial charge in [-0.2, -0.15) is 0 Å². The molecule has 2 aromatic heterocycles. The molecule has 2 heterocycles. The molecule has 0 N–H and O–H groups in total. The normalized spacial score (nSPS) is 11.1. The number of nitrogens with zero attached hydrogens (tertiary/aromatic N) is 2. The maximum absolute atomic E-state index is 4.20. The highest BCUT2D eigenvalue weighted by molar-refractivity contribution is 7.99. The average Bonchev–Trinajstić information content (AvgIpc) is 2.61. The van der Waals surface area contributed by atoms with Crippen LogP contribution in [0.3, 0.4) is 0 Å². The van der Waals surface area contributed by atoms with E-state index in [0.29, 0.717) is 0 Å². The van der Waals surface area contributed by atoms with Crippen LogP contribution >= 0.6 is 23.5 Å². The van der Waals surface area contributed by atoms with Crippen LogP contribution in [0.25, 0.3) is 5.52 Å². The summed E-state index contributed by atoms with van der Waals surface area (Å²) in [6.07, 6.45) is 11.2. The van der Waals surface area contributed by atoms with Crippen molar-refractivity contribution in [3.05, 3.63) is 24.2 Å². The third-order valence-electron chi connectivity index (χ3n) is 2.49. The predicted molar refractivity (Wildman–Crippen MR) is 68.1 cm³/mol. The molecule has 0 aliphatic rings. The fraction of sp³-hybridized carbons (Fsp3) is 0.364. The molecule has 80 valence electrons. The minimum absolute atomic E-state index is 1.08. The zero-order valence-electron chi connectivity index (χ0n) is 9.15. The lowest BCUT2D eigenvalue weighted by atomic mass is 10.2. The summed E-state index contributed by atoms with van der Waals surface area (Å²) in [5.74, 6) is 0. The van der Waals surface area contributed by atoms with Crippen molar-refractivity contribution in [2.24, 2.45) is 0 Å². The van der Waals surface area contributed by atoms with Gasteiger partial charge in [0.25, 0.3) is 0 Å². The molecule has 0 bridgehead atoms. The summed E-state index contributed by atoms with van der Waals surface area (Å²) in [6.45, 7) is 2.21. The molecule has 2 rings (SSSR count). The van der Waals surface area contributed by atoms with Crippen LogP contribution in [0.2, 0.25) is 0 Å². The minimum Gasteiger partial charge on any atom is -0.307 e. The van der Waals surface area contributed by atoms with Crippen molar-refractivity contribution in [3.8, 4) is 0 Å². The second-order valence-corrected chi connectivity index (χ2v) is 4.82. The average molecular weight is 238 g/mol. The van der Waals surface area contributed by atoms with Crippen molar-refractivity contribution in [1.29, 1.82) is 0 Å². The summed E-state index contributed by atoms with van der Waals surface area (Å²) >= 11 is 3.62. The molecule has 0 aromatic carbocycles. The Balaban J connectivity index is 2.82. The first-order valence-corrected chi connectivity index (χ1v) is 7.33. The van der Waals surface area contributed by atoms with Crippen LogP contribution in [0, 0.1) is 0 Å². The van der Waals surface area contributed by atoms with Crippen molar-refractivity contribution in [2.75, 3.05) is 12.5 Å². The van der Waals surface area contributed by atoms with Crippen LogP contribution in [-0.4, -0.2) is 21.9 Å². The lowest BCUT2D eigenvalue weighted by Crippen LogP contribution is -1.87. The summed E-state index contributed by atoms with van der Waals surface area (Å²) in [5.41, 5.74) is 2.68. The number of fused-ring (bicyclic) bond motifs is 1. The predicted octanol–water partition coefficient (Wildman–Crippen LogP) is 3.34. The molecule has 2 aromatic rings. The maximum atomic E-state index is 4.20. The first-order chi connectivity index (χ1) is 7.33. The monoisotopic (exact) mass is 238 g/mol. The number of aromatic nitrogens is 2. The van der Waals surface area contributed by atoms with Crippen LogP contribution in [-0.2, 0) is 6.42 Å². The second-order valence-electron chi connectivity index (χ2n) is 3.21. The molecular formula is C11H14N2S2. The first-order valence-electron chi connectivity index (χ1n) is 4.88. The molecule has 0 aliphatic carbocycles. The van der Waals surface area contributed by atoms with E-state index < -0.39 is 0 Å². The molecule has 15 heavy (non-hydrogen) atoms. The molecule has 0 radical (unpaired) electrons.